The third kappa shape index (κ3) is 6.71. The van der Waals surface area contributed by atoms with E-state index < -0.39 is 10.5 Å². The molecule has 1 aromatic carbocycles. The molecule has 0 radical (unpaired) electrons. The lowest BCUT2D eigenvalue weighted by Crippen LogP contribution is -2.58. The number of carbonyl (C=O) groups is 1. The number of hydrogen-bond acceptors (Lipinski definition) is 5. The van der Waals surface area contributed by atoms with Crippen LogP contribution >= 0.6 is 11.9 Å². The van der Waals surface area contributed by atoms with E-state index in [1.807, 2.05) is 27.0 Å². The molecule has 5 atom stereocenters. The van der Waals surface area contributed by atoms with Gasteiger partial charge in [-0.05, 0) is 76.4 Å². The van der Waals surface area contributed by atoms with Gasteiger partial charge < -0.3 is 5.32 Å². The summed E-state index contributed by atoms with van der Waals surface area (Å²) in [6, 6.07) is 6.80. The summed E-state index contributed by atoms with van der Waals surface area (Å²) in [6.07, 6.45) is 7.23. The molecule has 2 saturated carbocycles. The number of benzene rings is 1. The number of nitro benzene ring substituents is 1. The van der Waals surface area contributed by atoms with Crippen LogP contribution < -0.4 is 10.0 Å². The number of carbonyl (C=O) groups excluding carboxylic acids is 1. The predicted molar refractivity (Wildman–Crippen MR) is 124 cm³/mol. The van der Waals surface area contributed by atoms with Crippen molar-refractivity contribution in [2.75, 3.05) is 6.26 Å². The van der Waals surface area contributed by atoms with Crippen LogP contribution in [0.25, 0.3) is 0 Å². The minimum atomic E-state index is -0.504. The maximum Gasteiger partial charge on any atom is 0.269 e. The van der Waals surface area contributed by atoms with Crippen LogP contribution in [0.15, 0.2) is 24.3 Å². The molecule has 2 aliphatic carbocycles. The lowest BCUT2D eigenvalue weighted by atomic mass is 9.63. The summed E-state index contributed by atoms with van der Waals surface area (Å²) < 4.78 is 3.20. The Morgan fingerprint density at radius 3 is 2.33 bits per heavy atom. The predicted octanol–water partition coefficient (Wildman–Crippen LogP) is 5.11. The number of aryl methyl sites for hydroxylation is 1. The van der Waals surface area contributed by atoms with Gasteiger partial charge >= 0.3 is 0 Å². The highest BCUT2D eigenvalue weighted by atomic mass is 32.2. The molecule has 2 N–H and O–H groups in total. The lowest BCUT2D eigenvalue weighted by Gasteiger charge is -2.47. The Bertz CT molecular complexity index is 719. The Morgan fingerprint density at radius 2 is 1.77 bits per heavy atom. The minimum Gasteiger partial charge on any atom is -0.351 e. The van der Waals surface area contributed by atoms with Gasteiger partial charge in [-0.1, -0.05) is 43.5 Å². The summed E-state index contributed by atoms with van der Waals surface area (Å²) in [5.41, 5.74) is 0.673. The molecule has 2 bridgehead atoms. The van der Waals surface area contributed by atoms with Crippen molar-refractivity contribution in [1.82, 2.24) is 10.0 Å². The number of nitrogens with zero attached hydrogens (tertiary/aromatic N) is 1. The van der Waals surface area contributed by atoms with E-state index in [1.165, 1.54) is 49.8 Å². The number of nitrogens with one attached hydrogen (secondary N) is 2. The van der Waals surface area contributed by atoms with Gasteiger partial charge in [-0.3, -0.25) is 14.9 Å². The van der Waals surface area contributed by atoms with Gasteiger partial charge in [-0.15, -0.1) is 0 Å². The summed E-state index contributed by atoms with van der Waals surface area (Å²) in [4.78, 5) is 22.2. The maximum atomic E-state index is 12.5. The van der Waals surface area contributed by atoms with Gasteiger partial charge in [-0.25, -0.2) is 4.72 Å². The zero-order chi connectivity index (χ0) is 22.5. The van der Waals surface area contributed by atoms with Gasteiger partial charge in [0.25, 0.3) is 5.69 Å². The quantitative estimate of drug-likeness (QED) is 0.381. The van der Waals surface area contributed by atoms with Crippen LogP contribution in [-0.2, 0) is 4.79 Å². The SMILES string of the molecule is CSNC(C)(C)C(=O)NC1C(C)CC2CC(C)CC1C2.Cc1ccc([N+](=O)[O-])cc1. The van der Waals surface area contributed by atoms with Crippen molar-refractivity contribution in [3.63, 3.8) is 0 Å². The number of nitro groups is 1. The van der Waals surface area contributed by atoms with Crippen molar-refractivity contribution in [2.24, 2.45) is 23.7 Å². The zero-order valence-corrected chi connectivity index (χ0v) is 19.9. The molecular weight excluding hydrogens is 398 g/mol. The molecule has 1 amide bonds. The fourth-order valence-electron chi connectivity index (χ4n) is 4.99. The molecule has 7 heteroatoms. The average Bonchev–Trinajstić information content (AvgIpc) is 2.65. The van der Waals surface area contributed by atoms with Crippen LogP contribution in [0, 0.1) is 40.7 Å². The summed E-state index contributed by atoms with van der Waals surface area (Å²) in [5.74, 6) is 3.15. The maximum absolute atomic E-state index is 12.5. The second-order valence-corrected chi connectivity index (χ2v) is 10.3. The van der Waals surface area contributed by atoms with Gasteiger partial charge in [0, 0.05) is 18.2 Å². The fraction of sp³-hybridized carbons (Fsp3) is 0.696. The molecule has 0 aromatic heterocycles. The highest BCUT2D eigenvalue weighted by Gasteiger charge is 2.42. The van der Waals surface area contributed by atoms with Gasteiger partial charge in [0.05, 0.1) is 4.92 Å². The third-order valence-corrected chi connectivity index (χ3v) is 7.08. The molecule has 0 saturated heterocycles. The first-order chi connectivity index (χ1) is 14.0. The van der Waals surface area contributed by atoms with Crippen molar-refractivity contribution in [1.29, 1.82) is 0 Å². The van der Waals surface area contributed by atoms with Crippen molar-refractivity contribution in [3.05, 3.63) is 39.9 Å². The molecule has 0 heterocycles. The van der Waals surface area contributed by atoms with Crippen LogP contribution in [0.2, 0.25) is 0 Å². The molecule has 2 aliphatic rings. The Morgan fingerprint density at radius 1 is 1.13 bits per heavy atom. The highest BCUT2D eigenvalue weighted by Crippen LogP contribution is 2.44. The smallest absolute Gasteiger partial charge is 0.269 e. The molecule has 0 aliphatic heterocycles. The summed E-state index contributed by atoms with van der Waals surface area (Å²) in [7, 11) is 0. The number of non-ortho nitro benzene ring substituents is 1. The number of amides is 1. The van der Waals surface area contributed by atoms with Gasteiger partial charge in [-0.2, -0.15) is 0 Å². The molecule has 1 aromatic rings. The Labute approximate surface area is 185 Å². The van der Waals surface area contributed by atoms with E-state index in [-0.39, 0.29) is 11.6 Å². The summed E-state index contributed by atoms with van der Waals surface area (Å²) in [6.45, 7) is 10.5. The van der Waals surface area contributed by atoms with E-state index in [2.05, 4.69) is 23.9 Å². The molecule has 168 valence electrons. The van der Waals surface area contributed by atoms with Crippen molar-refractivity contribution < 1.29 is 9.72 Å². The first-order valence-corrected chi connectivity index (χ1v) is 12.1. The molecule has 0 spiro atoms. The van der Waals surface area contributed by atoms with E-state index in [1.54, 1.807) is 12.1 Å². The topological polar surface area (TPSA) is 84.3 Å². The van der Waals surface area contributed by atoms with E-state index >= 15 is 0 Å². The fourth-order valence-corrected chi connectivity index (χ4v) is 5.59. The monoisotopic (exact) mass is 435 g/mol. The average molecular weight is 436 g/mol. The Hall–Kier alpha value is -1.60. The number of rotatable bonds is 5. The number of fused-ring (bicyclic) bond motifs is 2. The van der Waals surface area contributed by atoms with E-state index in [9.17, 15) is 14.9 Å². The first-order valence-electron chi connectivity index (χ1n) is 10.9. The highest BCUT2D eigenvalue weighted by molar-refractivity contribution is 7.96. The second kappa shape index (κ2) is 10.6. The molecule has 6 nitrogen and oxygen atoms in total. The van der Waals surface area contributed by atoms with Crippen molar-refractivity contribution >= 4 is 23.5 Å². The van der Waals surface area contributed by atoms with E-state index in [0.717, 1.165) is 17.4 Å². The van der Waals surface area contributed by atoms with E-state index in [0.29, 0.717) is 17.9 Å². The van der Waals surface area contributed by atoms with Gasteiger partial charge in [0.15, 0.2) is 0 Å². The van der Waals surface area contributed by atoms with Crippen LogP contribution in [0.1, 0.15) is 58.9 Å². The molecule has 2 fully saturated rings. The number of hydrogen-bond donors (Lipinski definition) is 2. The molecule has 30 heavy (non-hydrogen) atoms. The summed E-state index contributed by atoms with van der Waals surface area (Å²) in [5, 5.41) is 13.5. The van der Waals surface area contributed by atoms with Gasteiger partial charge in [0.2, 0.25) is 5.91 Å². The molecular formula is C23H37N3O3S. The van der Waals surface area contributed by atoms with Crippen LogP contribution in [0.3, 0.4) is 0 Å². The van der Waals surface area contributed by atoms with E-state index in [4.69, 9.17) is 0 Å². The normalized spacial score (nSPS) is 28.1. The van der Waals surface area contributed by atoms with Crippen LogP contribution in [0.5, 0.6) is 0 Å². The van der Waals surface area contributed by atoms with Crippen molar-refractivity contribution in [2.45, 2.75) is 71.9 Å². The molecule has 3 rings (SSSR count). The first kappa shape index (κ1) is 24.7. The van der Waals surface area contributed by atoms with Gasteiger partial charge in [0.1, 0.15) is 5.54 Å². The largest absolute Gasteiger partial charge is 0.351 e. The van der Waals surface area contributed by atoms with Crippen LogP contribution in [-0.4, -0.2) is 28.7 Å². The summed E-state index contributed by atoms with van der Waals surface area (Å²) >= 11 is 1.51. The third-order valence-electron chi connectivity index (χ3n) is 6.37. The lowest BCUT2D eigenvalue weighted by molar-refractivity contribution is -0.384. The molecule has 5 unspecified atom stereocenters. The Kier molecular flexibility index (Phi) is 8.73. The second-order valence-electron chi connectivity index (χ2n) is 9.67. The standard InChI is InChI=1S/C16H30N2OS.C7H7NO2/c1-10-6-12-8-11(2)14(13(7-10)9-12)17-15(19)16(3,4)18-20-5;1-6-2-4-7(5-3-6)8(9)10/h10-14,18H,6-9H2,1-5H3,(H,17,19);2-5H,1H3. The van der Waals surface area contributed by atoms with Crippen molar-refractivity contribution in [3.8, 4) is 0 Å². The Balaban J connectivity index is 0.000000269. The van der Waals surface area contributed by atoms with Crippen LogP contribution in [0.4, 0.5) is 5.69 Å². The minimum absolute atomic E-state index is 0.139. The zero-order valence-electron chi connectivity index (χ0n) is 19.1.